The van der Waals surface area contributed by atoms with Crippen molar-refractivity contribution in [2.45, 2.75) is 75.6 Å². The van der Waals surface area contributed by atoms with Gasteiger partial charge in [-0.15, -0.1) is 6.58 Å². The molecule has 75 heavy (non-hydrogen) atoms. The maximum absolute atomic E-state index is 11.8. The molecule has 402 valence electrons. The van der Waals surface area contributed by atoms with Crippen molar-refractivity contribution in [2.24, 2.45) is 38.4 Å². The molecule has 0 aliphatic carbocycles. The molecule has 3 atom stereocenters. The maximum atomic E-state index is 11.8. The second-order valence-electron chi connectivity index (χ2n) is 19.5. The van der Waals surface area contributed by atoms with Crippen molar-refractivity contribution < 1.29 is 29.4 Å². The fraction of sp³-hybridized carbons (Fsp3) is 0.393. The summed E-state index contributed by atoms with van der Waals surface area (Å²) in [7, 11) is 13.3. The first-order valence-corrected chi connectivity index (χ1v) is 25.5. The van der Waals surface area contributed by atoms with Gasteiger partial charge in [0, 0.05) is 62.5 Å². The van der Waals surface area contributed by atoms with E-state index in [1.54, 1.807) is 30.8 Å². The lowest BCUT2D eigenvalue weighted by molar-refractivity contribution is -0.145. The highest BCUT2D eigenvalue weighted by molar-refractivity contribution is 7.99. The Labute approximate surface area is 444 Å². The summed E-state index contributed by atoms with van der Waals surface area (Å²) in [4.78, 5) is 85.2. The molecule has 8 rings (SSSR count). The van der Waals surface area contributed by atoms with E-state index in [0.29, 0.717) is 41.2 Å². The average molecular weight is 1050 g/mol. The Bertz CT molecular complexity index is 2960. The zero-order valence-corrected chi connectivity index (χ0v) is 46.1. The molecule has 4 N–H and O–H groups in total. The number of amides is 4. The number of para-hydroxylation sites is 2. The number of aryl methyl sites for hydroxylation is 2. The van der Waals surface area contributed by atoms with Crippen LogP contribution in [0.5, 0.6) is 5.75 Å². The Balaban J connectivity index is 0.000000207. The molecule has 5 heterocycles. The largest absolute Gasteiger partial charge is 0.508 e. The molecule has 0 radical (unpaired) electrons. The van der Waals surface area contributed by atoms with Crippen LogP contribution in [0, 0.1) is 17.3 Å². The number of carbonyl (C=O) groups is 4. The number of carboxylic acid groups (broad SMARTS) is 1. The number of fused-ring (bicyclic) bond motifs is 3. The van der Waals surface area contributed by atoms with Crippen LogP contribution in [-0.2, 0) is 30.7 Å². The van der Waals surface area contributed by atoms with E-state index in [-0.39, 0.29) is 29.2 Å². The van der Waals surface area contributed by atoms with E-state index in [9.17, 15) is 33.9 Å². The van der Waals surface area contributed by atoms with Crippen molar-refractivity contribution in [1.82, 2.24) is 44.1 Å². The molecule has 18 nitrogen and oxygen atoms in total. The van der Waals surface area contributed by atoms with E-state index < -0.39 is 29.2 Å². The predicted octanol–water partition coefficient (Wildman–Crippen LogP) is 8.03. The van der Waals surface area contributed by atoms with Gasteiger partial charge < -0.3 is 29.5 Å². The number of imidazole rings is 1. The average Bonchev–Trinajstić information content (AvgIpc) is 3.76. The molecule has 3 aromatic carbocycles. The Morgan fingerprint density at radius 1 is 0.840 bits per heavy atom. The van der Waals surface area contributed by atoms with Crippen LogP contribution in [0.15, 0.2) is 136 Å². The number of aromatic hydroxyl groups is 1. The van der Waals surface area contributed by atoms with Crippen molar-refractivity contribution in [3.05, 3.63) is 148 Å². The molecular weight excluding hydrogens is 973 g/mol. The number of nitrogens with zero attached hydrogens (tertiary/aromatic N) is 8. The predicted molar refractivity (Wildman–Crippen MR) is 297 cm³/mol. The fourth-order valence-electron chi connectivity index (χ4n) is 8.77. The number of allylic oxidation sites excluding steroid dienone is 1. The number of barbiturate groups is 1. The molecule has 6 aromatic rings. The number of nitrogens with one attached hydrogen (secondary N) is 2. The quantitative estimate of drug-likeness (QED) is 0.0636. The number of rotatable bonds is 13. The lowest BCUT2D eigenvalue weighted by Gasteiger charge is -2.36. The van der Waals surface area contributed by atoms with E-state index in [0.717, 1.165) is 24.1 Å². The molecule has 1 fully saturated rings. The summed E-state index contributed by atoms with van der Waals surface area (Å²) >= 11 is 1.87. The standard InChI is InChI=1S/C17H20N2S.C14H23NO.C11H16N2O3.C8H10N4O2.C6H5NO2/c1-13(18(2)3)12-19-14-8-4-6-10-16(14)20-17-11-7-5-9-15(17)19;1-5-14(11(2)10-15(3)4)12-7-6-8-13(16)9-12;1-4-5-11(6-7(2)3)8(14)12-10(16)13-9(11)15;1-10-4-9-6-5(10)7(13)12(3)8(14)11(6)2;8-6(9)5-2-1-3-7-4-5/h4-11,13H,12H2,1-3H3;6-9,11,14,16H,5,10H2,1-4H3;4,7H,1,5-6H2,2-3H3,(H2,12,13,14,15,16);4H,1-3H3;1-4H,(H,8,9)/t;11-,14+;;;/m.0.../s1. The second-order valence-corrected chi connectivity index (χ2v) is 20.6. The summed E-state index contributed by atoms with van der Waals surface area (Å²) in [5, 5.41) is 22.1. The first-order valence-electron chi connectivity index (χ1n) is 24.7. The monoisotopic (exact) mass is 1050 g/mol. The number of anilines is 2. The number of likely N-dealkylation sites (N-methyl/N-ethyl adjacent to an activating group) is 1. The molecule has 3 aromatic heterocycles. The number of phenolic OH excluding ortho intramolecular Hbond substituents is 1. The van der Waals surface area contributed by atoms with Gasteiger partial charge in [-0.05, 0) is 126 Å². The number of carboxylic acids is 1. The van der Waals surface area contributed by atoms with Crippen LogP contribution in [0.1, 0.15) is 75.7 Å². The molecule has 2 aliphatic rings. The van der Waals surface area contributed by atoms with E-state index in [1.165, 1.54) is 69.2 Å². The van der Waals surface area contributed by atoms with Gasteiger partial charge in [0.1, 0.15) is 11.2 Å². The minimum absolute atomic E-state index is 0.171. The van der Waals surface area contributed by atoms with Crippen molar-refractivity contribution in [2.75, 3.05) is 46.2 Å². The topological polar surface area (TPSA) is 217 Å². The summed E-state index contributed by atoms with van der Waals surface area (Å²) in [5.74, 6) is -0.346. The van der Waals surface area contributed by atoms with Crippen LogP contribution < -0.4 is 26.8 Å². The normalized spacial score (nSPS) is 14.4. The maximum Gasteiger partial charge on any atom is 0.337 e. The first kappa shape index (κ1) is 60.2. The zero-order chi connectivity index (χ0) is 55.7. The molecule has 1 saturated heterocycles. The van der Waals surface area contributed by atoms with Gasteiger partial charge in [-0.25, -0.2) is 19.4 Å². The minimum atomic E-state index is -1.19. The molecule has 2 aliphatic heterocycles. The van der Waals surface area contributed by atoms with Gasteiger partial charge in [0.15, 0.2) is 11.2 Å². The third kappa shape index (κ3) is 15.8. The summed E-state index contributed by atoms with van der Waals surface area (Å²) < 4.78 is 4.04. The SMILES string of the molecule is C=CCC1(CC(C)C)C(=O)NC(=O)NC1=O.CC(CN1c2ccccc2Sc2ccccc21)N(C)C.CC[C@@H](c1cccc(O)c1)[C@@H](C)CN(C)C.Cn1c(=O)c2c(ncn2C)n(C)c1=O.O=C(O)c1cccnc1. The Kier molecular flexibility index (Phi) is 22.3. The van der Waals surface area contributed by atoms with Crippen LogP contribution in [0.4, 0.5) is 16.2 Å². The molecular formula is C56H74N10O8S. The number of pyridine rings is 1. The number of hydrogen-bond acceptors (Lipinski definition) is 13. The van der Waals surface area contributed by atoms with Crippen LogP contribution >= 0.6 is 11.8 Å². The van der Waals surface area contributed by atoms with Crippen LogP contribution in [0.25, 0.3) is 11.2 Å². The third-order valence-corrected chi connectivity index (χ3v) is 13.9. The molecule has 1 unspecified atom stereocenters. The second kappa shape index (κ2) is 27.8. The number of imide groups is 2. The molecule has 0 bridgehead atoms. The highest BCUT2D eigenvalue weighted by Gasteiger charge is 2.49. The number of benzene rings is 3. The number of carbonyl (C=O) groups excluding carboxylic acids is 3. The summed E-state index contributed by atoms with van der Waals surface area (Å²) in [5.41, 5.74) is 3.10. The Morgan fingerprint density at radius 2 is 1.44 bits per heavy atom. The summed E-state index contributed by atoms with van der Waals surface area (Å²) in [6.45, 7) is 16.2. The smallest absolute Gasteiger partial charge is 0.337 e. The highest BCUT2D eigenvalue weighted by atomic mass is 32.2. The number of urea groups is 1. The van der Waals surface area contributed by atoms with Gasteiger partial charge in [0.25, 0.3) is 5.56 Å². The first-order chi connectivity index (χ1) is 35.5. The molecule has 0 saturated carbocycles. The number of hydrogen-bond donors (Lipinski definition) is 4. The van der Waals surface area contributed by atoms with E-state index in [2.05, 4.69) is 145 Å². The van der Waals surface area contributed by atoms with E-state index in [1.807, 2.05) is 37.7 Å². The third-order valence-electron chi connectivity index (χ3n) is 12.7. The Hall–Kier alpha value is -7.35. The molecule has 4 amide bonds. The lowest BCUT2D eigenvalue weighted by Crippen LogP contribution is -2.62. The zero-order valence-electron chi connectivity index (χ0n) is 45.3. The highest BCUT2D eigenvalue weighted by Crippen LogP contribution is 2.48. The van der Waals surface area contributed by atoms with Crippen molar-refractivity contribution >= 4 is 58.1 Å². The van der Waals surface area contributed by atoms with Crippen LogP contribution in [0.2, 0.25) is 0 Å². The van der Waals surface area contributed by atoms with Crippen molar-refractivity contribution in [3.8, 4) is 5.75 Å². The summed E-state index contributed by atoms with van der Waals surface area (Å²) in [6.07, 6.45) is 7.62. The number of aromatic nitrogens is 5. The molecule has 0 spiro atoms. The van der Waals surface area contributed by atoms with Crippen LogP contribution in [0.3, 0.4) is 0 Å². The number of phenols is 1. The van der Waals surface area contributed by atoms with Gasteiger partial charge in [0.05, 0.1) is 23.3 Å². The van der Waals surface area contributed by atoms with Gasteiger partial charge in [-0.3, -0.25) is 39.1 Å². The lowest BCUT2D eigenvalue weighted by atomic mass is 9.74. The van der Waals surface area contributed by atoms with Crippen LogP contribution in [-0.4, -0.2) is 115 Å². The summed E-state index contributed by atoms with van der Waals surface area (Å²) in [6, 6.07) is 27.8. The Morgan fingerprint density at radius 3 is 1.92 bits per heavy atom. The fourth-order valence-corrected chi connectivity index (χ4v) is 9.86. The van der Waals surface area contributed by atoms with Crippen molar-refractivity contribution in [3.63, 3.8) is 0 Å². The number of aromatic carboxylic acids is 1. The van der Waals surface area contributed by atoms with Gasteiger partial charge in [0.2, 0.25) is 11.8 Å². The van der Waals surface area contributed by atoms with Crippen molar-refractivity contribution in [1.29, 1.82) is 0 Å². The van der Waals surface area contributed by atoms with Gasteiger partial charge >= 0.3 is 17.7 Å². The molecule has 19 heteroatoms. The van der Waals surface area contributed by atoms with Gasteiger partial charge in [-0.1, -0.05) is 81.9 Å². The van der Waals surface area contributed by atoms with Gasteiger partial charge in [-0.2, -0.15) is 0 Å². The van der Waals surface area contributed by atoms with E-state index in [4.69, 9.17) is 5.11 Å². The van der Waals surface area contributed by atoms with E-state index >= 15 is 0 Å². The minimum Gasteiger partial charge on any atom is -0.508 e.